The van der Waals surface area contributed by atoms with Crippen molar-refractivity contribution in [3.05, 3.63) is 45.7 Å². The Labute approximate surface area is 123 Å². The van der Waals surface area contributed by atoms with E-state index in [0.717, 1.165) is 28.2 Å². The Morgan fingerprint density at radius 3 is 2.70 bits per heavy atom. The monoisotopic (exact) mass is 292 g/mol. The molecule has 0 fully saturated rings. The van der Waals surface area contributed by atoms with E-state index in [1.165, 1.54) is 0 Å². The van der Waals surface area contributed by atoms with Gasteiger partial charge in [-0.05, 0) is 50.5 Å². The van der Waals surface area contributed by atoms with Gasteiger partial charge in [-0.2, -0.15) is 5.10 Å². The largest absolute Gasteiger partial charge is 0.481 e. The molecule has 2 aromatic rings. The van der Waals surface area contributed by atoms with Gasteiger partial charge in [-0.1, -0.05) is 17.7 Å². The Morgan fingerprint density at radius 1 is 1.35 bits per heavy atom. The fourth-order valence-corrected chi connectivity index (χ4v) is 2.50. The molecule has 0 unspecified atom stereocenters. The van der Waals surface area contributed by atoms with E-state index in [9.17, 15) is 4.79 Å². The van der Waals surface area contributed by atoms with Gasteiger partial charge >= 0.3 is 5.97 Å². The minimum absolute atomic E-state index is 0.113. The molecule has 0 atom stereocenters. The zero-order chi connectivity index (χ0) is 14.9. The van der Waals surface area contributed by atoms with E-state index in [1.807, 2.05) is 43.7 Å². The Balaban J connectivity index is 2.46. The average molecular weight is 293 g/mol. The zero-order valence-corrected chi connectivity index (χ0v) is 12.5. The number of nitrogens with zero attached hydrogens (tertiary/aromatic N) is 2. The first-order valence-corrected chi connectivity index (χ1v) is 6.82. The molecule has 0 spiro atoms. The Morgan fingerprint density at radius 2 is 2.05 bits per heavy atom. The van der Waals surface area contributed by atoms with Crippen molar-refractivity contribution in [2.45, 2.75) is 33.6 Å². The molecule has 1 N–H and O–H groups in total. The van der Waals surface area contributed by atoms with Crippen LogP contribution in [0.5, 0.6) is 0 Å². The summed E-state index contributed by atoms with van der Waals surface area (Å²) in [5.41, 5.74) is 4.72. The lowest BCUT2D eigenvalue weighted by molar-refractivity contribution is -0.136. The summed E-state index contributed by atoms with van der Waals surface area (Å²) in [7, 11) is 0. The summed E-state index contributed by atoms with van der Waals surface area (Å²) < 4.78 is 1.84. The van der Waals surface area contributed by atoms with Gasteiger partial charge in [-0.3, -0.25) is 4.79 Å². The number of hydrogen-bond donors (Lipinski definition) is 1. The second-order valence-corrected chi connectivity index (χ2v) is 5.25. The minimum Gasteiger partial charge on any atom is -0.481 e. The Kier molecular flexibility index (Phi) is 4.14. The fraction of sp³-hybridized carbons (Fsp3) is 0.333. The van der Waals surface area contributed by atoms with Crippen molar-refractivity contribution in [3.8, 4) is 5.69 Å². The first-order valence-electron chi connectivity index (χ1n) is 6.44. The fourth-order valence-electron chi connectivity index (χ4n) is 2.33. The van der Waals surface area contributed by atoms with Crippen LogP contribution in [0.4, 0.5) is 0 Å². The molecule has 1 aromatic carbocycles. The zero-order valence-electron chi connectivity index (χ0n) is 11.8. The van der Waals surface area contributed by atoms with Crippen LogP contribution in [-0.4, -0.2) is 20.9 Å². The summed E-state index contributed by atoms with van der Waals surface area (Å²) in [4.78, 5) is 10.7. The number of halogens is 1. The quantitative estimate of drug-likeness (QED) is 0.939. The van der Waals surface area contributed by atoms with Crippen LogP contribution in [0.1, 0.15) is 28.9 Å². The second kappa shape index (κ2) is 5.67. The van der Waals surface area contributed by atoms with E-state index < -0.39 is 5.97 Å². The van der Waals surface area contributed by atoms with Gasteiger partial charge in [0.1, 0.15) is 0 Å². The first-order chi connectivity index (χ1) is 9.41. The van der Waals surface area contributed by atoms with Gasteiger partial charge in [0.25, 0.3) is 0 Å². The van der Waals surface area contributed by atoms with Crippen LogP contribution in [0.15, 0.2) is 18.2 Å². The number of hydrogen-bond acceptors (Lipinski definition) is 2. The Hall–Kier alpha value is -1.81. The molecule has 0 saturated carbocycles. The third-order valence-corrected chi connectivity index (χ3v) is 3.91. The predicted molar refractivity (Wildman–Crippen MR) is 78.7 cm³/mol. The lowest BCUT2D eigenvalue weighted by Crippen LogP contribution is -2.03. The number of aliphatic carboxylic acids is 1. The number of aromatic nitrogens is 2. The summed E-state index contributed by atoms with van der Waals surface area (Å²) in [6, 6.07) is 5.69. The van der Waals surface area contributed by atoms with Gasteiger partial charge in [-0.25, -0.2) is 4.68 Å². The molecular formula is C15H17ClN2O2. The summed E-state index contributed by atoms with van der Waals surface area (Å²) in [6.45, 7) is 5.81. The number of aryl methyl sites for hydroxylation is 1. The molecule has 0 aliphatic rings. The summed E-state index contributed by atoms with van der Waals surface area (Å²) >= 11 is 6.15. The molecular weight excluding hydrogens is 276 g/mol. The maximum Gasteiger partial charge on any atom is 0.303 e. The molecule has 106 valence electrons. The SMILES string of the molecule is Cc1nn(-c2cccc(Cl)c2C)c(C)c1CCC(=O)O. The smallest absolute Gasteiger partial charge is 0.303 e. The number of benzene rings is 1. The molecule has 20 heavy (non-hydrogen) atoms. The number of carbonyl (C=O) groups is 1. The number of rotatable bonds is 4. The molecule has 0 amide bonds. The van der Waals surface area contributed by atoms with Crippen LogP contribution in [-0.2, 0) is 11.2 Å². The van der Waals surface area contributed by atoms with Crippen molar-refractivity contribution in [2.24, 2.45) is 0 Å². The summed E-state index contributed by atoms with van der Waals surface area (Å²) in [5, 5.41) is 14.0. The lowest BCUT2D eigenvalue weighted by atomic mass is 10.1. The molecule has 0 saturated heterocycles. The van der Waals surface area contributed by atoms with E-state index in [4.69, 9.17) is 16.7 Å². The second-order valence-electron chi connectivity index (χ2n) is 4.84. The van der Waals surface area contributed by atoms with Gasteiger partial charge in [0.15, 0.2) is 0 Å². The standard InChI is InChI=1S/C15H17ClN2O2/c1-9-13(16)5-4-6-14(9)18-11(3)12(10(2)17-18)7-8-15(19)20/h4-6H,7-8H2,1-3H3,(H,19,20). The van der Waals surface area contributed by atoms with Gasteiger partial charge in [0.2, 0.25) is 0 Å². The topological polar surface area (TPSA) is 55.1 Å². The highest BCUT2D eigenvalue weighted by Crippen LogP contribution is 2.25. The maximum atomic E-state index is 10.7. The third kappa shape index (κ3) is 2.70. The molecule has 1 heterocycles. The van der Waals surface area contributed by atoms with Crippen LogP contribution in [0, 0.1) is 20.8 Å². The molecule has 0 bridgehead atoms. The highest BCUT2D eigenvalue weighted by Gasteiger charge is 2.15. The van der Waals surface area contributed by atoms with Gasteiger partial charge in [-0.15, -0.1) is 0 Å². The van der Waals surface area contributed by atoms with Crippen molar-refractivity contribution in [2.75, 3.05) is 0 Å². The molecule has 0 aliphatic heterocycles. The van der Waals surface area contributed by atoms with Gasteiger partial charge in [0.05, 0.1) is 11.4 Å². The maximum absolute atomic E-state index is 10.7. The third-order valence-electron chi connectivity index (χ3n) is 3.50. The van der Waals surface area contributed by atoms with Crippen molar-refractivity contribution in [3.63, 3.8) is 0 Å². The number of carboxylic acid groups (broad SMARTS) is 1. The minimum atomic E-state index is -0.796. The van der Waals surface area contributed by atoms with E-state index in [-0.39, 0.29) is 6.42 Å². The van der Waals surface area contributed by atoms with Crippen molar-refractivity contribution >= 4 is 17.6 Å². The molecule has 2 rings (SSSR count). The molecule has 5 heteroatoms. The van der Waals surface area contributed by atoms with Crippen molar-refractivity contribution < 1.29 is 9.90 Å². The van der Waals surface area contributed by atoms with Crippen LogP contribution in [0.3, 0.4) is 0 Å². The summed E-state index contributed by atoms with van der Waals surface area (Å²) in [6.07, 6.45) is 0.606. The highest BCUT2D eigenvalue weighted by molar-refractivity contribution is 6.31. The van der Waals surface area contributed by atoms with E-state index >= 15 is 0 Å². The van der Waals surface area contributed by atoms with Crippen molar-refractivity contribution in [1.82, 2.24) is 9.78 Å². The molecule has 1 aromatic heterocycles. The van der Waals surface area contributed by atoms with Crippen LogP contribution < -0.4 is 0 Å². The molecule has 0 aliphatic carbocycles. The normalized spacial score (nSPS) is 10.8. The number of carboxylic acids is 1. The van der Waals surface area contributed by atoms with E-state index in [2.05, 4.69) is 5.10 Å². The van der Waals surface area contributed by atoms with Crippen molar-refractivity contribution in [1.29, 1.82) is 0 Å². The van der Waals surface area contributed by atoms with Crippen LogP contribution in [0.2, 0.25) is 5.02 Å². The highest BCUT2D eigenvalue weighted by atomic mass is 35.5. The predicted octanol–water partition coefficient (Wildman–Crippen LogP) is 3.47. The lowest BCUT2D eigenvalue weighted by Gasteiger charge is -2.09. The van der Waals surface area contributed by atoms with Gasteiger partial charge < -0.3 is 5.11 Å². The van der Waals surface area contributed by atoms with E-state index in [0.29, 0.717) is 11.4 Å². The van der Waals surface area contributed by atoms with Gasteiger partial charge in [0, 0.05) is 17.1 Å². The molecule has 4 nitrogen and oxygen atoms in total. The first kappa shape index (κ1) is 14.6. The summed E-state index contributed by atoms with van der Waals surface area (Å²) in [5.74, 6) is -0.796. The Bertz CT molecular complexity index is 662. The molecule has 0 radical (unpaired) electrons. The average Bonchev–Trinajstić information content (AvgIpc) is 2.66. The van der Waals surface area contributed by atoms with Crippen LogP contribution in [0.25, 0.3) is 5.69 Å². The van der Waals surface area contributed by atoms with Crippen LogP contribution >= 0.6 is 11.6 Å². The van der Waals surface area contributed by atoms with E-state index in [1.54, 1.807) is 0 Å².